The Morgan fingerprint density at radius 1 is 1.38 bits per heavy atom. The minimum Gasteiger partial charge on any atom is -0.495 e. The second-order valence-corrected chi connectivity index (χ2v) is 3.36. The van der Waals surface area contributed by atoms with Gasteiger partial charge >= 0.3 is 6.18 Å². The van der Waals surface area contributed by atoms with E-state index in [2.05, 4.69) is 9.72 Å². The summed E-state index contributed by atoms with van der Waals surface area (Å²) in [6.45, 7) is 0. The van der Waals surface area contributed by atoms with Gasteiger partial charge in [0.2, 0.25) is 0 Å². The first-order valence-electron chi connectivity index (χ1n) is 3.21. The molecule has 1 rings (SSSR count). The van der Waals surface area contributed by atoms with E-state index < -0.39 is 11.7 Å². The molecule has 0 atom stereocenters. The number of pyridine rings is 1. The molecular formula is C7H5F3INO. The largest absolute Gasteiger partial charge is 0.495 e. The van der Waals surface area contributed by atoms with Gasteiger partial charge in [0.15, 0.2) is 0 Å². The van der Waals surface area contributed by atoms with Crippen LogP contribution in [0.2, 0.25) is 0 Å². The van der Waals surface area contributed by atoms with E-state index in [4.69, 9.17) is 0 Å². The summed E-state index contributed by atoms with van der Waals surface area (Å²) in [7, 11) is 1.20. The van der Waals surface area contributed by atoms with Crippen LogP contribution in [0.4, 0.5) is 13.2 Å². The molecule has 0 spiro atoms. The van der Waals surface area contributed by atoms with Gasteiger partial charge in [0.05, 0.1) is 10.7 Å². The smallest absolute Gasteiger partial charge is 0.421 e. The first-order valence-corrected chi connectivity index (χ1v) is 4.29. The van der Waals surface area contributed by atoms with Crippen LogP contribution in [0.3, 0.4) is 0 Å². The van der Waals surface area contributed by atoms with Crippen molar-refractivity contribution in [1.29, 1.82) is 0 Å². The molecule has 0 N–H and O–H groups in total. The van der Waals surface area contributed by atoms with Gasteiger partial charge in [0.25, 0.3) is 0 Å². The molecule has 1 aromatic heterocycles. The predicted octanol–water partition coefficient (Wildman–Crippen LogP) is 2.71. The zero-order valence-corrected chi connectivity index (χ0v) is 8.68. The van der Waals surface area contributed by atoms with Crippen molar-refractivity contribution in [3.05, 3.63) is 21.5 Å². The molecule has 1 heterocycles. The molecule has 1 aromatic rings. The van der Waals surface area contributed by atoms with Crippen LogP contribution in [-0.2, 0) is 6.18 Å². The van der Waals surface area contributed by atoms with Gasteiger partial charge < -0.3 is 4.74 Å². The van der Waals surface area contributed by atoms with Crippen molar-refractivity contribution in [3.63, 3.8) is 0 Å². The summed E-state index contributed by atoms with van der Waals surface area (Å²) in [6.07, 6.45) is -2.35. The predicted molar refractivity (Wildman–Crippen MR) is 48.5 cm³/mol. The van der Waals surface area contributed by atoms with Gasteiger partial charge in [-0.05, 0) is 22.6 Å². The van der Waals surface area contributed by atoms with E-state index in [0.717, 1.165) is 6.20 Å². The maximum absolute atomic E-state index is 12.3. The average Bonchev–Trinajstić information content (AvgIpc) is 2.02. The third-order valence-electron chi connectivity index (χ3n) is 1.36. The molecule has 0 radical (unpaired) electrons. The third-order valence-corrected chi connectivity index (χ3v) is 2.13. The van der Waals surface area contributed by atoms with Crippen LogP contribution in [0, 0.1) is 3.57 Å². The number of hydrogen-bond donors (Lipinski definition) is 0. The van der Waals surface area contributed by atoms with Crippen molar-refractivity contribution in [2.45, 2.75) is 6.18 Å². The number of halogens is 4. The molecule has 0 saturated carbocycles. The van der Waals surface area contributed by atoms with E-state index in [1.807, 2.05) is 0 Å². The number of alkyl halides is 3. The first kappa shape index (κ1) is 10.6. The SMILES string of the molecule is COc1c(I)cncc1C(F)(F)F. The van der Waals surface area contributed by atoms with Crippen LogP contribution in [0.25, 0.3) is 0 Å². The number of ether oxygens (including phenoxy) is 1. The first-order chi connectivity index (χ1) is 5.96. The topological polar surface area (TPSA) is 22.1 Å². The van der Waals surface area contributed by atoms with Gasteiger partial charge in [-0.3, -0.25) is 4.98 Å². The van der Waals surface area contributed by atoms with Gasteiger partial charge in [-0.15, -0.1) is 0 Å². The molecule has 0 unspecified atom stereocenters. The fraction of sp³-hybridized carbons (Fsp3) is 0.286. The average molecular weight is 303 g/mol. The fourth-order valence-corrected chi connectivity index (χ4v) is 1.50. The Morgan fingerprint density at radius 3 is 2.38 bits per heavy atom. The second-order valence-electron chi connectivity index (χ2n) is 2.20. The number of aromatic nitrogens is 1. The molecule has 0 fully saturated rings. The highest BCUT2D eigenvalue weighted by Gasteiger charge is 2.35. The maximum atomic E-state index is 12.3. The van der Waals surface area contributed by atoms with E-state index in [9.17, 15) is 13.2 Å². The Labute approximate surface area is 86.3 Å². The Hall–Kier alpha value is -0.530. The molecule has 0 aliphatic heterocycles. The lowest BCUT2D eigenvalue weighted by atomic mass is 10.2. The summed E-state index contributed by atoms with van der Waals surface area (Å²) < 4.78 is 41.9. The number of nitrogens with zero attached hydrogens (tertiary/aromatic N) is 1. The molecule has 0 amide bonds. The Kier molecular flexibility index (Phi) is 2.99. The van der Waals surface area contributed by atoms with Crippen molar-refractivity contribution >= 4 is 22.6 Å². The van der Waals surface area contributed by atoms with Crippen LogP contribution in [0.1, 0.15) is 5.56 Å². The standard InChI is InChI=1S/C7H5F3INO/c1-13-6-4(7(8,9)10)2-12-3-5(6)11/h2-3H,1H3. The van der Waals surface area contributed by atoms with Crippen LogP contribution in [0.15, 0.2) is 12.4 Å². The molecule has 6 heteroatoms. The van der Waals surface area contributed by atoms with Crippen LogP contribution in [0.5, 0.6) is 5.75 Å². The summed E-state index contributed by atoms with van der Waals surface area (Å²) in [4.78, 5) is 3.45. The van der Waals surface area contributed by atoms with Gasteiger partial charge in [-0.1, -0.05) is 0 Å². The van der Waals surface area contributed by atoms with Gasteiger partial charge in [0, 0.05) is 12.4 Å². The molecule has 0 aliphatic rings. The molecular weight excluding hydrogens is 298 g/mol. The summed E-state index contributed by atoms with van der Waals surface area (Å²) in [5.74, 6) is -0.178. The van der Waals surface area contributed by atoms with Crippen molar-refractivity contribution in [2.75, 3.05) is 7.11 Å². The number of hydrogen-bond acceptors (Lipinski definition) is 2. The van der Waals surface area contributed by atoms with Crippen molar-refractivity contribution < 1.29 is 17.9 Å². The Balaban J connectivity index is 3.29. The number of rotatable bonds is 1. The number of methoxy groups -OCH3 is 1. The minimum absolute atomic E-state index is 0.178. The highest BCUT2D eigenvalue weighted by Crippen LogP contribution is 2.37. The van der Waals surface area contributed by atoms with Crippen molar-refractivity contribution in [3.8, 4) is 5.75 Å². The molecule has 0 saturated heterocycles. The lowest BCUT2D eigenvalue weighted by Crippen LogP contribution is -2.09. The highest BCUT2D eigenvalue weighted by atomic mass is 127. The summed E-state index contributed by atoms with van der Waals surface area (Å²) in [5, 5.41) is 0. The molecule has 0 aliphatic carbocycles. The highest BCUT2D eigenvalue weighted by molar-refractivity contribution is 14.1. The van der Waals surface area contributed by atoms with E-state index in [0.29, 0.717) is 3.57 Å². The fourth-order valence-electron chi connectivity index (χ4n) is 0.833. The van der Waals surface area contributed by atoms with Crippen LogP contribution >= 0.6 is 22.6 Å². The Bertz CT molecular complexity index is 313. The van der Waals surface area contributed by atoms with Gasteiger partial charge in [-0.2, -0.15) is 13.2 Å². The van der Waals surface area contributed by atoms with E-state index in [1.165, 1.54) is 13.3 Å². The monoisotopic (exact) mass is 303 g/mol. The zero-order valence-electron chi connectivity index (χ0n) is 6.52. The molecule has 0 aromatic carbocycles. The Morgan fingerprint density at radius 2 is 2.00 bits per heavy atom. The zero-order chi connectivity index (χ0) is 10.1. The molecule has 72 valence electrons. The van der Waals surface area contributed by atoms with E-state index in [1.54, 1.807) is 22.6 Å². The van der Waals surface area contributed by atoms with Crippen LogP contribution < -0.4 is 4.74 Å². The normalized spacial score (nSPS) is 11.5. The maximum Gasteiger partial charge on any atom is 0.421 e. The van der Waals surface area contributed by atoms with E-state index >= 15 is 0 Å². The molecule has 2 nitrogen and oxygen atoms in total. The quantitative estimate of drug-likeness (QED) is 0.744. The van der Waals surface area contributed by atoms with Gasteiger partial charge in [-0.25, -0.2) is 0 Å². The lowest BCUT2D eigenvalue weighted by molar-refractivity contribution is -0.139. The summed E-state index contributed by atoms with van der Waals surface area (Å²) >= 11 is 1.74. The minimum atomic E-state index is -4.42. The summed E-state index contributed by atoms with van der Waals surface area (Å²) in [5.41, 5.74) is -0.845. The van der Waals surface area contributed by atoms with Crippen molar-refractivity contribution in [2.24, 2.45) is 0 Å². The van der Waals surface area contributed by atoms with Gasteiger partial charge in [0.1, 0.15) is 11.3 Å². The van der Waals surface area contributed by atoms with E-state index in [-0.39, 0.29) is 5.75 Å². The molecule has 0 bridgehead atoms. The van der Waals surface area contributed by atoms with Crippen molar-refractivity contribution in [1.82, 2.24) is 4.98 Å². The summed E-state index contributed by atoms with van der Waals surface area (Å²) in [6, 6.07) is 0. The second kappa shape index (κ2) is 3.69. The van der Waals surface area contributed by atoms with Crippen LogP contribution in [-0.4, -0.2) is 12.1 Å². The lowest BCUT2D eigenvalue weighted by Gasteiger charge is -2.11. The third kappa shape index (κ3) is 2.23. The molecule has 13 heavy (non-hydrogen) atoms.